The molecule has 0 aliphatic heterocycles. The summed E-state index contributed by atoms with van der Waals surface area (Å²) in [5.74, 6) is -1.29. The topological polar surface area (TPSA) is 59.4 Å². The van der Waals surface area contributed by atoms with Crippen LogP contribution in [0.15, 0.2) is 6.07 Å². The number of nitrogens with zero attached hydrogens (tertiary/aromatic N) is 1. The number of methoxy groups -OCH3 is 1. The lowest BCUT2D eigenvalue weighted by Gasteiger charge is -2.08. The maximum atomic E-state index is 12.5. The van der Waals surface area contributed by atoms with Crippen LogP contribution in [0.1, 0.15) is 22.6 Å². The Kier molecular flexibility index (Phi) is 3.77. The average molecular weight is 329 g/mol. The summed E-state index contributed by atoms with van der Waals surface area (Å²) >= 11 is 1.64. The number of alkyl halides is 2. The fourth-order valence-corrected chi connectivity index (χ4v) is 1.66. The van der Waals surface area contributed by atoms with Crippen LogP contribution in [-0.4, -0.2) is 23.2 Å². The molecule has 0 amide bonds. The van der Waals surface area contributed by atoms with Gasteiger partial charge in [-0.05, 0) is 22.6 Å². The number of carbonyl (C=O) groups is 1. The Bertz CT molecular complexity index is 398. The van der Waals surface area contributed by atoms with Crippen LogP contribution in [0.5, 0.6) is 5.75 Å². The van der Waals surface area contributed by atoms with Crippen LogP contribution in [0.3, 0.4) is 0 Å². The first-order valence-corrected chi connectivity index (χ1v) is 4.81. The highest BCUT2D eigenvalue weighted by atomic mass is 127. The molecule has 1 aromatic heterocycles. The molecule has 0 saturated carbocycles. The van der Waals surface area contributed by atoms with E-state index >= 15 is 0 Å². The lowest BCUT2D eigenvalue weighted by Crippen LogP contribution is -2.07. The first kappa shape index (κ1) is 12.1. The third-order valence-corrected chi connectivity index (χ3v) is 2.68. The molecule has 82 valence electrons. The Morgan fingerprint density at radius 1 is 1.67 bits per heavy atom. The standard InChI is InChI=1S/C8H6F2INO3/c1-15-4-2-3(8(13)14)12-6(5(4)11)7(9)10/h2,7H,1H3,(H,13,14). The second-order valence-electron chi connectivity index (χ2n) is 2.51. The Morgan fingerprint density at radius 2 is 2.27 bits per heavy atom. The van der Waals surface area contributed by atoms with Crippen LogP contribution in [0.4, 0.5) is 8.78 Å². The van der Waals surface area contributed by atoms with E-state index in [4.69, 9.17) is 9.84 Å². The number of hydrogen-bond acceptors (Lipinski definition) is 3. The van der Waals surface area contributed by atoms with Crippen LogP contribution in [-0.2, 0) is 0 Å². The van der Waals surface area contributed by atoms with Crippen LogP contribution < -0.4 is 4.74 Å². The van der Waals surface area contributed by atoms with Crippen molar-refractivity contribution in [3.05, 3.63) is 21.0 Å². The second-order valence-corrected chi connectivity index (χ2v) is 3.59. The summed E-state index contributed by atoms with van der Waals surface area (Å²) < 4.78 is 29.8. The molecular formula is C8H6F2INO3. The minimum absolute atomic E-state index is 0.0818. The van der Waals surface area contributed by atoms with E-state index in [0.717, 1.165) is 6.07 Å². The molecule has 0 radical (unpaired) electrons. The van der Waals surface area contributed by atoms with Gasteiger partial charge in [0.15, 0.2) is 5.69 Å². The summed E-state index contributed by atoms with van der Waals surface area (Å²) in [5.41, 5.74) is -1.03. The highest BCUT2D eigenvalue weighted by molar-refractivity contribution is 14.1. The van der Waals surface area contributed by atoms with Crippen LogP contribution in [0.25, 0.3) is 0 Å². The van der Waals surface area contributed by atoms with Crippen molar-refractivity contribution in [2.24, 2.45) is 0 Å². The van der Waals surface area contributed by atoms with Crippen molar-refractivity contribution < 1.29 is 23.4 Å². The van der Waals surface area contributed by atoms with E-state index < -0.39 is 23.8 Å². The number of ether oxygens (including phenoxy) is 1. The van der Waals surface area contributed by atoms with E-state index in [0.29, 0.717) is 0 Å². The van der Waals surface area contributed by atoms with Gasteiger partial charge in [0, 0.05) is 6.07 Å². The third-order valence-electron chi connectivity index (χ3n) is 1.60. The number of rotatable bonds is 3. The highest BCUT2D eigenvalue weighted by Crippen LogP contribution is 2.30. The summed E-state index contributed by atoms with van der Waals surface area (Å²) in [6.07, 6.45) is -2.83. The summed E-state index contributed by atoms with van der Waals surface area (Å²) in [6, 6.07) is 1.11. The molecule has 0 aliphatic carbocycles. The lowest BCUT2D eigenvalue weighted by molar-refractivity contribution is 0.0688. The molecule has 0 aliphatic rings. The van der Waals surface area contributed by atoms with E-state index in [9.17, 15) is 13.6 Å². The average Bonchev–Trinajstić information content (AvgIpc) is 2.17. The number of carboxylic acid groups (broad SMARTS) is 1. The van der Waals surface area contributed by atoms with E-state index in [1.54, 1.807) is 22.6 Å². The minimum atomic E-state index is -2.83. The van der Waals surface area contributed by atoms with E-state index in [1.165, 1.54) is 7.11 Å². The van der Waals surface area contributed by atoms with E-state index in [2.05, 4.69) is 4.98 Å². The number of aromatic nitrogens is 1. The smallest absolute Gasteiger partial charge is 0.354 e. The molecule has 15 heavy (non-hydrogen) atoms. The first-order valence-electron chi connectivity index (χ1n) is 3.73. The van der Waals surface area contributed by atoms with Crippen LogP contribution in [0.2, 0.25) is 0 Å². The zero-order chi connectivity index (χ0) is 11.6. The molecule has 0 atom stereocenters. The molecular weight excluding hydrogens is 323 g/mol. The van der Waals surface area contributed by atoms with Crippen molar-refractivity contribution in [2.75, 3.05) is 7.11 Å². The molecule has 1 rings (SSSR count). The first-order chi connectivity index (χ1) is 6.97. The van der Waals surface area contributed by atoms with E-state index in [1.807, 2.05) is 0 Å². The van der Waals surface area contributed by atoms with Crippen LogP contribution >= 0.6 is 22.6 Å². The van der Waals surface area contributed by atoms with Crippen molar-refractivity contribution in [1.82, 2.24) is 4.98 Å². The fourth-order valence-electron chi connectivity index (χ4n) is 0.928. The van der Waals surface area contributed by atoms with E-state index in [-0.39, 0.29) is 9.32 Å². The maximum Gasteiger partial charge on any atom is 0.354 e. The molecule has 0 bridgehead atoms. The summed E-state index contributed by atoms with van der Waals surface area (Å²) in [7, 11) is 1.28. The predicted octanol–water partition coefficient (Wildman–Crippen LogP) is 2.33. The van der Waals surface area contributed by atoms with Gasteiger partial charge in [0.2, 0.25) is 0 Å². The molecule has 7 heteroatoms. The monoisotopic (exact) mass is 329 g/mol. The Morgan fingerprint density at radius 3 is 2.67 bits per heavy atom. The quantitative estimate of drug-likeness (QED) is 0.865. The van der Waals surface area contributed by atoms with Crippen molar-refractivity contribution in [2.45, 2.75) is 6.43 Å². The number of carboxylic acids is 1. The molecule has 1 heterocycles. The fraction of sp³-hybridized carbons (Fsp3) is 0.250. The Balaban J connectivity index is 3.38. The number of halogens is 3. The minimum Gasteiger partial charge on any atom is -0.495 e. The highest BCUT2D eigenvalue weighted by Gasteiger charge is 2.20. The molecule has 1 aromatic rings. The summed E-state index contributed by atoms with van der Waals surface area (Å²) in [6.45, 7) is 0. The Labute approximate surface area is 97.4 Å². The van der Waals surface area contributed by atoms with Gasteiger partial charge in [0.1, 0.15) is 11.4 Å². The number of aromatic carboxylic acids is 1. The third kappa shape index (κ3) is 2.52. The Hall–Kier alpha value is -0.990. The van der Waals surface area contributed by atoms with Gasteiger partial charge in [-0.3, -0.25) is 0 Å². The predicted molar refractivity (Wildman–Crippen MR) is 55.4 cm³/mol. The molecule has 0 saturated heterocycles. The van der Waals surface area contributed by atoms with Gasteiger partial charge in [0.25, 0.3) is 6.43 Å². The zero-order valence-electron chi connectivity index (χ0n) is 7.50. The molecule has 0 unspecified atom stereocenters. The molecule has 0 fully saturated rings. The SMILES string of the molecule is COc1cc(C(=O)O)nc(C(F)F)c1I. The normalized spacial score (nSPS) is 10.5. The second kappa shape index (κ2) is 4.69. The molecule has 4 nitrogen and oxygen atoms in total. The summed E-state index contributed by atoms with van der Waals surface area (Å²) in [5, 5.41) is 8.64. The van der Waals surface area contributed by atoms with Crippen molar-refractivity contribution in [1.29, 1.82) is 0 Å². The van der Waals surface area contributed by atoms with Gasteiger partial charge in [-0.25, -0.2) is 18.6 Å². The van der Waals surface area contributed by atoms with Crippen molar-refractivity contribution in [3.63, 3.8) is 0 Å². The number of pyridine rings is 1. The van der Waals surface area contributed by atoms with Gasteiger partial charge in [-0.1, -0.05) is 0 Å². The number of hydrogen-bond donors (Lipinski definition) is 1. The molecule has 1 N–H and O–H groups in total. The van der Waals surface area contributed by atoms with Gasteiger partial charge < -0.3 is 9.84 Å². The largest absolute Gasteiger partial charge is 0.495 e. The van der Waals surface area contributed by atoms with Crippen LogP contribution in [0, 0.1) is 3.57 Å². The van der Waals surface area contributed by atoms with Crippen molar-refractivity contribution in [3.8, 4) is 5.75 Å². The van der Waals surface area contributed by atoms with Gasteiger partial charge >= 0.3 is 5.97 Å². The van der Waals surface area contributed by atoms with Gasteiger partial charge in [0.05, 0.1) is 10.7 Å². The summed E-state index contributed by atoms with van der Waals surface area (Å²) in [4.78, 5) is 13.9. The molecule has 0 aromatic carbocycles. The molecule has 0 spiro atoms. The van der Waals surface area contributed by atoms with Crippen molar-refractivity contribution >= 4 is 28.6 Å². The lowest BCUT2D eigenvalue weighted by atomic mass is 10.3. The van der Waals surface area contributed by atoms with Gasteiger partial charge in [-0.2, -0.15) is 0 Å². The maximum absolute atomic E-state index is 12.5. The zero-order valence-corrected chi connectivity index (χ0v) is 9.66. The van der Waals surface area contributed by atoms with Gasteiger partial charge in [-0.15, -0.1) is 0 Å².